The maximum absolute atomic E-state index is 12.5. The highest BCUT2D eigenvalue weighted by molar-refractivity contribution is 5.76. The van der Waals surface area contributed by atoms with Crippen molar-refractivity contribution in [2.75, 3.05) is 13.2 Å². The van der Waals surface area contributed by atoms with E-state index in [0.29, 0.717) is 25.9 Å². The summed E-state index contributed by atoms with van der Waals surface area (Å²) in [4.78, 5) is 24.5. The zero-order valence-electron chi connectivity index (χ0n) is 43.0. The largest absolute Gasteiger partial charge is 0.466 e. The third-order valence-electron chi connectivity index (χ3n) is 13.3. The van der Waals surface area contributed by atoms with E-state index < -0.39 is 12.1 Å². The fraction of sp³-hybridized carbons (Fsp3) is 0.897. The van der Waals surface area contributed by atoms with Crippen molar-refractivity contribution in [3.8, 4) is 0 Å². The number of carbonyl (C=O) groups is 2. The van der Waals surface area contributed by atoms with Crippen LogP contribution in [-0.2, 0) is 14.3 Å². The number of hydrogen-bond acceptors (Lipinski definition) is 5. The zero-order chi connectivity index (χ0) is 46.5. The van der Waals surface area contributed by atoms with E-state index in [0.717, 1.165) is 70.6 Å². The van der Waals surface area contributed by atoms with Gasteiger partial charge in [0.25, 0.3) is 0 Å². The molecule has 2 atom stereocenters. The minimum absolute atomic E-state index is 0.0325. The third-order valence-corrected chi connectivity index (χ3v) is 13.3. The number of rotatable bonds is 53. The Hall–Kier alpha value is -1.66. The second-order valence-corrected chi connectivity index (χ2v) is 19.6. The van der Waals surface area contributed by atoms with Crippen molar-refractivity contribution < 1.29 is 24.5 Å². The molecule has 0 rings (SSSR count). The lowest BCUT2D eigenvalue weighted by Gasteiger charge is -2.22. The second kappa shape index (κ2) is 54.0. The molecule has 0 aliphatic carbocycles. The summed E-state index contributed by atoms with van der Waals surface area (Å²) in [7, 11) is 0. The Kier molecular flexibility index (Phi) is 52.6. The minimum Gasteiger partial charge on any atom is -0.466 e. The van der Waals surface area contributed by atoms with Gasteiger partial charge in [0.15, 0.2) is 0 Å². The highest BCUT2D eigenvalue weighted by atomic mass is 16.5. The molecule has 3 N–H and O–H groups in total. The van der Waals surface area contributed by atoms with Crippen molar-refractivity contribution in [1.29, 1.82) is 0 Å². The molecule has 0 aliphatic heterocycles. The average Bonchev–Trinajstić information content (AvgIpc) is 3.29. The van der Waals surface area contributed by atoms with Crippen LogP contribution in [0, 0.1) is 0 Å². The molecule has 2 unspecified atom stereocenters. The summed E-state index contributed by atoms with van der Waals surface area (Å²) >= 11 is 0. The molecular weight excluding hydrogens is 791 g/mol. The summed E-state index contributed by atoms with van der Waals surface area (Å²) in [5.74, 6) is -0.0886. The molecule has 0 radical (unpaired) electrons. The lowest BCUT2D eigenvalue weighted by Crippen LogP contribution is -2.45. The number of ether oxygens (including phenoxy) is 1. The van der Waals surface area contributed by atoms with Gasteiger partial charge in [-0.05, 0) is 51.4 Å². The van der Waals surface area contributed by atoms with Crippen LogP contribution in [0.3, 0.4) is 0 Å². The molecule has 0 aliphatic rings. The van der Waals surface area contributed by atoms with E-state index in [1.807, 2.05) is 0 Å². The van der Waals surface area contributed by atoms with Crippen LogP contribution in [0.25, 0.3) is 0 Å². The number of hydrogen-bond donors (Lipinski definition) is 3. The Bertz CT molecular complexity index is 997. The Labute approximate surface area is 399 Å². The van der Waals surface area contributed by atoms with Gasteiger partial charge in [0.1, 0.15) is 0 Å². The number of aliphatic hydroxyl groups excluding tert-OH is 2. The molecule has 6 nitrogen and oxygen atoms in total. The first-order valence-electron chi connectivity index (χ1n) is 28.6. The molecule has 0 aromatic carbocycles. The Balaban J connectivity index is 3.47. The quantitative estimate of drug-likeness (QED) is 0.0321. The minimum atomic E-state index is -0.681. The van der Waals surface area contributed by atoms with Crippen molar-refractivity contribution >= 4 is 11.9 Å². The number of unbranched alkanes of at least 4 members (excludes halogenated alkanes) is 38. The predicted molar refractivity (Wildman–Crippen MR) is 278 cm³/mol. The van der Waals surface area contributed by atoms with Crippen molar-refractivity contribution in [3.63, 3.8) is 0 Å². The standard InChI is InChI=1S/C58H111NO5/c1-3-5-7-9-11-13-15-17-19-20-21-22-23-24-25-26-27-28-30-34-38-42-46-50-56(61)55(54-60)59-57(62)51-47-43-39-35-32-33-37-41-45-49-53-64-58(63)52-48-44-40-36-31-29-18-16-14-12-10-8-6-4-2/h10,12,16,18,55-56,60-61H,3-9,11,13-15,17,19-54H2,1-2H3,(H,59,62)/b12-10-,18-16-. The van der Waals surface area contributed by atoms with Crippen LogP contribution in [0.4, 0.5) is 0 Å². The van der Waals surface area contributed by atoms with Gasteiger partial charge in [-0.3, -0.25) is 9.59 Å². The van der Waals surface area contributed by atoms with Gasteiger partial charge < -0.3 is 20.3 Å². The maximum Gasteiger partial charge on any atom is 0.305 e. The van der Waals surface area contributed by atoms with E-state index in [2.05, 4.69) is 43.5 Å². The Morgan fingerprint density at radius 3 is 1.23 bits per heavy atom. The van der Waals surface area contributed by atoms with Gasteiger partial charge in [-0.15, -0.1) is 0 Å². The summed E-state index contributed by atoms with van der Waals surface area (Å²) in [6, 6.07) is -0.560. The van der Waals surface area contributed by atoms with Crippen LogP contribution < -0.4 is 5.32 Å². The number of carbonyl (C=O) groups excluding carboxylic acids is 2. The predicted octanol–water partition coefficient (Wildman–Crippen LogP) is 17.5. The van der Waals surface area contributed by atoms with Crippen molar-refractivity contribution in [2.45, 2.75) is 321 Å². The van der Waals surface area contributed by atoms with Crippen LogP contribution in [-0.4, -0.2) is 47.4 Å². The van der Waals surface area contributed by atoms with Gasteiger partial charge in [0, 0.05) is 12.8 Å². The molecule has 64 heavy (non-hydrogen) atoms. The molecule has 0 spiro atoms. The molecule has 378 valence electrons. The molecule has 0 heterocycles. The third kappa shape index (κ3) is 49.8. The highest BCUT2D eigenvalue weighted by Gasteiger charge is 2.20. The molecule has 0 saturated heterocycles. The number of aliphatic hydroxyl groups is 2. The van der Waals surface area contributed by atoms with Crippen molar-refractivity contribution in [1.82, 2.24) is 5.32 Å². The van der Waals surface area contributed by atoms with Crippen LogP contribution in [0.5, 0.6) is 0 Å². The molecule has 1 amide bonds. The zero-order valence-corrected chi connectivity index (χ0v) is 43.0. The van der Waals surface area contributed by atoms with Crippen LogP contribution >= 0.6 is 0 Å². The molecular formula is C58H111NO5. The van der Waals surface area contributed by atoms with E-state index in [9.17, 15) is 19.8 Å². The molecule has 0 bridgehead atoms. The Morgan fingerprint density at radius 1 is 0.438 bits per heavy atom. The fourth-order valence-electron chi connectivity index (χ4n) is 8.83. The van der Waals surface area contributed by atoms with Crippen LogP contribution in [0.15, 0.2) is 24.3 Å². The van der Waals surface area contributed by atoms with Gasteiger partial charge in [0.05, 0.1) is 25.4 Å². The molecule has 0 saturated carbocycles. The van der Waals surface area contributed by atoms with Crippen molar-refractivity contribution in [2.24, 2.45) is 0 Å². The van der Waals surface area contributed by atoms with Crippen molar-refractivity contribution in [3.05, 3.63) is 24.3 Å². The first-order chi connectivity index (χ1) is 31.5. The van der Waals surface area contributed by atoms with Crippen LogP contribution in [0.1, 0.15) is 309 Å². The number of allylic oxidation sites excluding steroid dienone is 4. The monoisotopic (exact) mass is 902 g/mol. The van der Waals surface area contributed by atoms with E-state index in [1.54, 1.807) is 0 Å². The molecule has 6 heteroatoms. The molecule has 0 aromatic rings. The van der Waals surface area contributed by atoms with Gasteiger partial charge >= 0.3 is 5.97 Å². The van der Waals surface area contributed by atoms with Gasteiger partial charge in [-0.2, -0.15) is 0 Å². The van der Waals surface area contributed by atoms with E-state index in [1.165, 1.54) is 205 Å². The SMILES string of the molecule is CCCC/C=C\C/C=C\CCCCCCCC(=O)OCCCCCCCCCCCCC(=O)NC(CO)C(O)CCCCCCCCCCCCCCCCCCCCCCCCC. The summed E-state index contributed by atoms with van der Waals surface area (Å²) in [6.07, 6.45) is 64.5. The normalized spacial score (nSPS) is 12.8. The summed E-state index contributed by atoms with van der Waals surface area (Å²) in [6.45, 7) is 4.87. The maximum atomic E-state index is 12.5. The summed E-state index contributed by atoms with van der Waals surface area (Å²) < 4.78 is 5.45. The molecule has 0 aromatic heterocycles. The topological polar surface area (TPSA) is 95.9 Å². The van der Waals surface area contributed by atoms with E-state index in [4.69, 9.17) is 4.74 Å². The highest BCUT2D eigenvalue weighted by Crippen LogP contribution is 2.17. The molecule has 0 fully saturated rings. The first kappa shape index (κ1) is 62.3. The lowest BCUT2D eigenvalue weighted by molar-refractivity contribution is -0.143. The lowest BCUT2D eigenvalue weighted by atomic mass is 10.0. The number of amides is 1. The Morgan fingerprint density at radius 2 is 0.797 bits per heavy atom. The summed E-state index contributed by atoms with van der Waals surface area (Å²) in [5, 5.41) is 23.3. The number of esters is 1. The van der Waals surface area contributed by atoms with E-state index >= 15 is 0 Å². The average molecular weight is 903 g/mol. The first-order valence-corrected chi connectivity index (χ1v) is 28.6. The number of nitrogens with one attached hydrogen (secondary N) is 1. The fourth-order valence-corrected chi connectivity index (χ4v) is 8.83. The van der Waals surface area contributed by atoms with E-state index in [-0.39, 0.29) is 18.5 Å². The van der Waals surface area contributed by atoms with Gasteiger partial charge in [-0.25, -0.2) is 0 Å². The van der Waals surface area contributed by atoms with Crippen LogP contribution in [0.2, 0.25) is 0 Å². The summed E-state index contributed by atoms with van der Waals surface area (Å²) in [5.41, 5.74) is 0. The second-order valence-electron chi connectivity index (χ2n) is 19.6. The smallest absolute Gasteiger partial charge is 0.305 e. The van der Waals surface area contributed by atoms with Gasteiger partial charge in [0.2, 0.25) is 5.91 Å². The van der Waals surface area contributed by atoms with Gasteiger partial charge in [-0.1, -0.05) is 269 Å².